The maximum atomic E-state index is 13.6. The minimum Gasteiger partial charge on any atom is -0.445 e. The van der Waals surface area contributed by atoms with E-state index in [1.807, 2.05) is 36.4 Å². The Labute approximate surface area is 210 Å². The van der Waals surface area contributed by atoms with E-state index in [-0.39, 0.29) is 25.3 Å². The van der Waals surface area contributed by atoms with Crippen LogP contribution in [0.4, 0.5) is 20.8 Å². The van der Waals surface area contributed by atoms with Crippen molar-refractivity contribution in [2.45, 2.75) is 31.8 Å². The van der Waals surface area contributed by atoms with Gasteiger partial charge in [0.05, 0.1) is 12.2 Å². The molecule has 11 heteroatoms. The highest BCUT2D eigenvalue weighted by Crippen LogP contribution is 2.23. The summed E-state index contributed by atoms with van der Waals surface area (Å²) in [7, 11) is 0. The van der Waals surface area contributed by atoms with E-state index in [4.69, 9.17) is 14.7 Å². The predicted octanol–water partition coefficient (Wildman–Crippen LogP) is 1.89. The summed E-state index contributed by atoms with van der Waals surface area (Å²) < 4.78 is 19.0. The molecule has 1 aromatic heterocycles. The first-order chi connectivity index (χ1) is 17.6. The molecule has 4 heterocycles. The van der Waals surface area contributed by atoms with E-state index in [1.54, 1.807) is 11.1 Å². The average Bonchev–Trinajstić information content (AvgIpc) is 2.93. The van der Waals surface area contributed by atoms with Gasteiger partial charge in [0.25, 0.3) is 0 Å². The molecule has 4 N–H and O–H groups in total. The number of carbonyl (C=O) groups is 1. The van der Waals surface area contributed by atoms with Gasteiger partial charge < -0.3 is 35.8 Å². The van der Waals surface area contributed by atoms with Crippen LogP contribution in [0.3, 0.4) is 0 Å². The van der Waals surface area contributed by atoms with E-state index in [0.29, 0.717) is 37.7 Å². The first-order valence-electron chi connectivity index (χ1n) is 12.6. The SMILES string of the molecule is O=C(OCc1ccccc1)N1CCN(c2cc(N[C@@H]3CCCNC3)nc(C3=CNC(F)CN3)n2)CC1. The molecule has 0 saturated carbocycles. The maximum absolute atomic E-state index is 13.6. The first-order valence-corrected chi connectivity index (χ1v) is 12.6. The largest absolute Gasteiger partial charge is 0.445 e. The van der Waals surface area contributed by atoms with Gasteiger partial charge in [-0.25, -0.2) is 19.2 Å². The molecule has 10 nitrogen and oxygen atoms in total. The summed E-state index contributed by atoms with van der Waals surface area (Å²) in [4.78, 5) is 25.9. The molecule has 3 aliphatic rings. The summed E-state index contributed by atoms with van der Waals surface area (Å²) in [5.41, 5.74) is 1.61. The Hall–Kier alpha value is -3.60. The molecule has 2 aromatic rings. The van der Waals surface area contributed by atoms with E-state index in [2.05, 4.69) is 26.2 Å². The van der Waals surface area contributed by atoms with Crippen LogP contribution in [0.5, 0.6) is 0 Å². The number of nitrogens with zero attached hydrogens (tertiary/aromatic N) is 4. The van der Waals surface area contributed by atoms with Crippen molar-refractivity contribution in [1.29, 1.82) is 0 Å². The molecule has 5 rings (SSSR count). The molecule has 3 aliphatic heterocycles. The fourth-order valence-corrected chi connectivity index (χ4v) is 4.53. The average molecular weight is 497 g/mol. The Morgan fingerprint density at radius 2 is 1.97 bits per heavy atom. The first kappa shape index (κ1) is 24.1. The third-order valence-corrected chi connectivity index (χ3v) is 6.55. The third-order valence-electron chi connectivity index (χ3n) is 6.55. The standard InChI is InChI=1S/C25H33FN8O2/c26-21-16-28-20(15-29-21)24-31-22(30-19-7-4-8-27-14-19)13-23(32-24)33-9-11-34(12-10-33)25(35)36-17-18-5-2-1-3-6-18/h1-3,5-6,13,15,19,21,27-29H,4,7-12,14,16-17H2,(H,30,31,32)/t19-,21?/m1/s1. The monoisotopic (exact) mass is 496 g/mol. The normalized spacial score (nSPS) is 22.2. The number of benzene rings is 1. The number of ether oxygens (including phenoxy) is 1. The molecule has 1 unspecified atom stereocenters. The van der Waals surface area contributed by atoms with Crippen LogP contribution in [0.2, 0.25) is 0 Å². The zero-order valence-corrected chi connectivity index (χ0v) is 20.3. The van der Waals surface area contributed by atoms with Gasteiger partial charge >= 0.3 is 6.09 Å². The number of piperidine rings is 1. The van der Waals surface area contributed by atoms with Gasteiger partial charge in [0.1, 0.15) is 18.2 Å². The lowest BCUT2D eigenvalue weighted by atomic mass is 10.1. The van der Waals surface area contributed by atoms with Gasteiger partial charge in [-0.1, -0.05) is 30.3 Å². The summed E-state index contributed by atoms with van der Waals surface area (Å²) in [5, 5.41) is 12.7. The fourth-order valence-electron chi connectivity index (χ4n) is 4.53. The second kappa shape index (κ2) is 11.4. The van der Waals surface area contributed by atoms with Crippen LogP contribution in [0, 0.1) is 0 Å². The Balaban J connectivity index is 1.25. The number of anilines is 2. The Kier molecular flexibility index (Phi) is 7.65. The van der Waals surface area contributed by atoms with Gasteiger partial charge in [0, 0.05) is 51.0 Å². The van der Waals surface area contributed by atoms with Crippen molar-refractivity contribution in [3.63, 3.8) is 0 Å². The third kappa shape index (κ3) is 6.14. The molecule has 0 bridgehead atoms. The van der Waals surface area contributed by atoms with E-state index in [9.17, 15) is 9.18 Å². The van der Waals surface area contributed by atoms with Crippen LogP contribution in [-0.2, 0) is 11.3 Å². The van der Waals surface area contributed by atoms with E-state index >= 15 is 0 Å². The minimum absolute atomic E-state index is 0.151. The number of alkyl halides is 1. The van der Waals surface area contributed by atoms with Crippen LogP contribution >= 0.6 is 0 Å². The van der Waals surface area contributed by atoms with Gasteiger partial charge in [-0.2, -0.15) is 0 Å². The van der Waals surface area contributed by atoms with Crippen molar-refractivity contribution in [2.24, 2.45) is 0 Å². The number of hydrogen-bond acceptors (Lipinski definition) is 9. The lowest BCUT2D eigenvalue weighted by molar-refractivity contribution is 0.0941. The summed E-state index contributed by atoms with van der Waals surface area (Å²) in [6.45, 7) is 4.64. The van der Waals surface area contributed by atoms with Crippen molar-refractivity contribution < 1.29 is 13.9 Å². The molecule has 2 atom stereocenters. The Morgan fingerprint density at radius 1 is 1.14 bits per heavy atom. The van der Waals surface area contributed by atoms with Crippen LogP contribution in [-0.4, -0.2) is 79.1 Å². The van der Waals surface area contributed by atoms with Gasteiger partial charge in [0.2, 0.25) is 0 Å². The fraction of sp³-hybridized carbons (Fsp3) is 0.480. The molecule has 0 spiro atoms. The molecular weight excluding hydrogens is 463 g/mol. The van der Waals surface area contributed by atoms with Crippen LogP contribution in [0.1, 0.15) is 24.2 Å². The molecule has 2 saturated heterocycles. The highest BCUT2D eigenvalue weighted by Gasteiger charge is 2.25. The molecule has 1 aromatic carbocycles. The van der Waals surface area contributed by atoms with Gasteiger partial charge in [-0.05, 0) is 24.9 Å². The van der Waals surface area contributed by atoms with Gasteiger partial charge in [-0.15, -0.1) is 0 Å². The number of piperazine rings is 1. The second-order valence-electron chi connectivity index (χ2n) is 9.21. The maximum Gasteiger partial charge on any atom is 0.410 e. The number of amides is 1. The summed E-state index contributed by atoms with van der Waals surface area (Å²) >= 11 is 0. The zero-order valence-electron chi connectivity index (χ0n) is 20.3. The summed E-state index contributed by atoms with van der Waals surface area (Å²) in [6, 6.07) is 11.9. The topological polar surface area (TPSA) is 107 Å². The molecule has 0 aliphatic carbocycles. The number of aromatic nitrogens is 2. The highest BCUT2D eigenvalue weighted by atomic mass is 19.1. The van der Waals surface area contributed by atoms with Crippen molar-refractivity contribution in [3.8, 4) is 0 Å². The van der Waals surface area contributed by atoms with Crippen LogP contribution in [0.25, 0.3) is 5.70 Å². The second-order valence-corrected chi connectivity index (χ2v) is 9.21. The van der Waals surface area contributed by atoms with Gasteiger partial charge in [-0.3, -0.25) is 0 Å². The molecule has 2 fully saturated rings. The number of halogens is 1. The molecular formula is C25H33FN8O2. The number of hydrogen-bond donors (Lipinski definition) is 4. The zero-order chi connectivity index (χ0) is 24.7. The lowest BCUT2D eigenvalue weighted by Crippen LogP contribution is -2.49. The van der Waals surface area contributed by atoms with Crippen molar-refractivity contribution >= 4 is 23.4 Å². The Morgan fingerprint density at radius 3 is 2.69 bits per heavy atom. The molecule has 192 valence electrons. The quantitative estimate of drug-likeness (QED) is 0.446. The van der Waals surface area contributed by atoms with Crippen LogP contribution < -0.4 is 26.2 Å². The smallest absolute Gasteiger partial charge is 0.410 e. The highest BCUT2D eigenvalue weighted by molar-refractivity contribution is 5.68. The van der Waals surface area contributed by atoms with E-state index in [1.165, 1.54) is 0 Å². The summed E-state index contributed by atoms with van der Waals surface area (Å²) in [5.74, 6) is 2.01. The number of rotatable bonds is 6. The summed E-state index contributed by atoms with van der Waals surface area (Å²) in [6.07, 6.45) is 2.31. The molecule has 0 radical (unpaired) electrons. The van der Waals surface area contributed by atoms with Crippen molar-refractivity contribution in [1.82, 2.24) is 30.8 Å². The molecule has 1 amide bonds. The van der Waals surface area contributed by atoms with E-state index < -0.39 is 6.30 Å². The van der Waals surface area contributed by atoms with E-state index in [0.717, 1.165) is 43.1 Å². The number of carbonyl (C=O) groups excluding carboxylic acids is 1. The minimum atomic E-state index is -1.14. The lowest BCUT2D eigenvalue weighted by Gasteiger charge is -2.35. The van der Waals surface area contributed by atoms with Crippen molar-refractivity contribution in [2.75, 3.05) is 56.0 Å². The van der Waals surface area contributed by atoms with Crippen LogP contribution in [0.15, 0.2) is 42.6 Å². The Bertz CT molecular complexity index is 1060. The molecule has 36 heavy (non-hydrogen) atoms. The predicted molar refractivity (Wildman–Crippen MR) is 136 cm³/mol. The van der Waals surface area contributed by atoms with Crippen molar-refractivity contribution in [3.05, 3.63) is 54.0 Å². The number of nitrogens with one attached hydrogen (secondary N) is 4. The van der Waals surface area contributed by atoms with Gasteiger partial charge in [0.15, 0.2) is 12.1 Å².